The largest absolute Gasteiger partial charge is 0.316 e. The molecule has 1 aliphatic heterocycles. The number of hydrogen-bond donors (Lipinski definition) is 1. The lowest BCUT2D eigenvalue weighted by Gasteiger charge is -2.22. The summed E-state index contributed by atoms with van der Waals surface area (Å²) < 4.78 is 2.14. The van der Waals surface area contributed by atoms with Gasteiger partial charge in [-0.1, -0.05) is 23.7 Å². The van der Waals surface area contributed by atoms with Gasteiger partial charge in [0.2, 0.25) is 0 Å². The monoisotopic (exact) mass is 440 g/mol. The van der Waals surface area contributed by atoms with Gasteiger partial charge < -0.3 is 9.88 Å². The molecule has 1 atom stereocenters. The van der Waals surface area contributed by atoms with Crippen LogP contribution in [0.25, 0.3) is 11.4 Å². The summed E-state index contributed by atoms with van der Waals surface area (Å²) in [5.74, 6) is 2.22. The van der Waals surface area contributed by atoms with Crippen molar-refractivity contribution in [1.82, 2.24) is 30.0 Å². The van der Waals surface area contributed by atoms with Crippen LogP contribution in [0.2, 0.25) is 5.02 Å². The minimum Gasteiger partial charge on any atom is -0.316 e. The highest BCUT2D eigenvalue weighted by Crippen LogP contribution is 2.35. The molecule has 0 spiro atoms. The first-order chi connectivity index (χ1) is 14.7. The Kier molecular flexibility index (Phi) is 5.76. The Bertz CT molecular complexity index is 1060. The second-order valence-corrected chi connectivity index (χ2v) is 9.43. The molecule has 0 saturated carbocycles. The zero-order chi connectivity index (χ0) is 20.5. The molecular formula is C22H25ClN6S. The summed E-state index contributed by atoms with van der Waals surface area (Å²) >= 11 is 7.83. The number of aryl methyl sites for hydroxylation is 1. The van der Waals surface area contributed by atoms with E-state index in [0.717, 1.165) is 65.4 Å². The van der Waals surface area contributed by atoms with Crippen molar-refractivity contribution in [2.24, 2.45) is 7.05 Å². The van der Waals surface area contributed by atoms with Gasteiger partial charge in [0.1, 0.15) is 10.9 Å². The van der Waals surface area contributed by atoms with Crippen molar-refractivity contribution < 1.29 is 0 Å². The fraction of sp³-hybridized carbons (Fsp3) is 0.455. The molecule has 6 nitrogen and oxygen atoms in total. The molecule has 2 aromatic heterocycles. The van der Waals surface area contributed by atoms with E-state index in [2.05, 4.69) is 27.1 Å². The van der Waals surface area contributed by atoms with Crippen LogP contribution in [0.4, 0.5) is 0 Å². The molecule has 1 aromatic carbocycles. The Morgan fingerprint density at radius 1 is 1.13 bits per heavy atom. The van der Waals surface area contributed by atoms with Crippen LogP contribution in [0, 0.1) is 0 Å². The van der Waals surface area contributed by atoms with E-state index in [9.17, 15) is 0 Å². The summed E-state index contributed by atoms with van der Waals surface area (Å²) in [7, 11) is 2.07. The van der Waals surface area contributed by atoms with Gasteiger partial charge in [0, 0.05) is 41.4 Å². The van der Waals surface area contributed by atoms with Crippen LogP contribution < -0.4 is 5.32 Å². The van der Waals surface area contributed by atoms with Gasteiger partial charge in [-0.05, 0) is 69.0 Å². The molecule has 1 saturated heterocycles. The lowest BCUT2D eigenvalue weighted by molar-refractivity contribution is 0.436. The average Bonchev–Trinajstić information content (AvgIpc) is 3.14. The number of aromatic nitrogens is 5. The van der Waals surface area contributed by atoms with Crippen LogP contribution in [0.3, 0.4) is 0 Å². The van der Waals surface area contributed by atoms with E-state index < -0.39 is 0 Å². The molecule has 0 radical (unpaired) electrons. The summed E-state index contributed by atoms with van der Waals surface area (Å²) in [5.41, 5.74) is 3.37. The lowest BCUT2D eigenvalue weighted by Crippen LogP contribution is -2.29. The minimum atomic E-state index is 0.423. The van der Waals surface area contributed by atoms with Gasteiger partial charge in [-0.2, -0.15) is 0 Å². The number of hydrogen-bond acceptors (Lipinski definition) is 6. The van der Waals surface area contributed by atoms with Crippen LogP contribution >= 0.6 is 23.4 Å². The van der Waals surface area contributed by atoms with Gasteiger partial charge in [0.05, 0.1) is 0 Å². The van der Waals surface area contributed by atoms with Gasteiger partial charge in [0.25, 0.3) is 0 Å². The van der Waals surface area contributed by atoms with Crippen LogP contribution in [-0.2, 0) is 19.9 Å². The Labute approximate surface area is 185 Å². The average molecular weight is 441 g/mol. The molecule has 2 aliphatic rings. The van der Waals surface area contributed by atoms with Crippen LogP contribution in [0.15, 0.2) is 34.4 Å². The van der Waals surface area contributed by atoms with E-state index in [1.165, 1.54) is 24.8 Å². The maximum absolute atomic E-state index is 6.22. The number of nitrogens with one attached hydrogen (secondary N) is 1. The van der Waals surface area contributed by atoms with Gasteiger partial charge in [-0.25, -0.2) is 9.97 Å². The normalized spacial score (nSPS) is 18.9. The molecular weight excluding hydrogens is 416 g/mol. The van der Waals surface area contributed by atoms with E-state index >= 15 is 0 Å². The van der Waals surface area contributed by atoms with Gasteiger partial charge in [-0.15, -0.1) is 10.2 Å². The van der Waals surface area contributed by atoms with Gasteiger partial charge in [-0.3, -0.25) is 0 Å². The van der Waals surface area contributed by atoms with Crippen molar-refractivity contribution in [1.29, 1.82) is 0 Å². The van der Waals surface area contributed by atoms with Crippen LogP contribution in [-0.4, -0.2) is 37.8 Å². The quantitative estimate of drug-likeness (QED) is 0.605. The zero-order valence-corrected chi connectivity index (χ0v) is 18.6. The fourth-order valence-electron chi connectivity index (χ4n) is 4.33. The molecule has 3 aromatic rings. The maximum Gasteiger partial charge on any atom is 0.197 e. The Hall–Kier alpha value is -1.96. The van der Waals surface area contributed by atoms with Crippen molar-refractivity contribution in [3.8, 4) is 11.4 Å². The van der Waals surface area contributed by atoms with Gasteiger partial charge in [0.15, 0.2) is 11.0 Å². The van der Waals surface area contributed by atoms with E-state index in [4.69, 9.17) is 21.6 Å². The van der Waals surface area contributed by atoms with Crippen molar-refractivity contribution in [3.63, 3.8) is 0 Å². The highest BCUT2D eigenvalue weighted by Gasteiger charge is 2.24. The van der Waals surface area contributed by atoms with E-state index in [-0.39, 0.29) is 0 Å². The molecule has 0 bridgehead atoms. The first kappa shape index (κ1) is 20.0. The molecule has 5 rings (SSSR count). The maximum atomic E-state index is 6.22. The first-order valence-electron chi connectivity index (χ1n) is 10.6. The Morgan fingerprint density at radius 3 is 2.87 bits per heavy atom. The standard InChI is InChI=1S/C22H25ClN6S/c1-29-20(15-7-5-11-24-13-15)27-28-22(29)30-21-17-9-2-3-10-18(17)25-19(26-21)14-6-4-8-16(23)12-14/h4,6,8,12,15,24H,2-3,5,7,9-11,13H2,1H3. The summed E-state index contributed by atoms with van der Waals surface area (Å²) in [6, 6.07) is 7.76. The number of fused-ring (bicyclic) bond motifs is 1. The molecule has 0 amide bonds. The third-order valence-corrected chi connectivity index (χ3v) is 7.25. The van der Waals surface area contributed by atoms with Crippen molar-refractivity contribution >= 4 is 23.4 Å². The van der Waals surface area contributed by atoms with E-state index in [1.807, 2.05) is 24.3 Å². The van der Waals surface area contributed by atoms with Crippen molar-refractivity contribution in [2.75, 3.05) is 13.1 Å². The number of halogens is 1. The Morgan fingerprint density at radius 2 is 2.03 bits per heavy atom. The molecule has 156 valence electrons. The fourth-order valence-corrected chi connectivity index (χ4v) is 5.48. The van der Waals surface area contributed by atoms with Gasteiger partial charge >= 0.3 is 0 Å². The highest BCUT2D eigenvalue weighted by atomic mass is 35.5. The summed E-state index contributed by atoms with van der Waals surface area (Å²) in [4.78, 5) is 9.85. The molecule has 1 aliphatic carbocycles. The summed E-state index contributed by atoms with van der Waals surface area (Å²) in [5, 5.41) is 15.1. The second kappa shape index (κ2) is 8.65. The predicted octanol–water partition coefficient (Wildman–Crippen LogP) is 4.42. The Balaban J connectivity index is 1.51. The van der Waals surface area contributed by atoms with Crippen LogP contribution in [0.1, 0.15) is 48.7 Å². The molecule has 1 fully saturated rings. The highest BCUT2D eigenvalue weighted by molar-refractivity contribution is 7.99. The van der Waals surface area contributed by atoms with Crippen LogP contribution in [0.5, 0.6) is 0 Å². The molecule has 3 heterocycles. The second-order valence-electron chi connectivity index (χ2n) is 8.04. The number of benzene rings is 1. The SMILES string of the molecule is Cn1c(Sc2nc(-c3cccc(Cl)c3)nc3c2CCCC3)nnc1C1CCCNC1. The van der Waals surface area contributed by atoms with Crippen molar-refractivity contribution in [3.05, 3.63) is 46.4 Å². The third-order valence-electron chi connectivity index (χ3n) is 5.95. The topological polar surface area (TPSA) is 68.5 Å². The predicted molar refractivity (Wildman–Crippen MR) is 119 cm³/mol. The minimum absolute atomic E-state index is 0.423. The number of rotatable bonds is 4. The zero-order valence-electron chi connectivity index (χ0n) is 17.1. The molecule has 30 heavy (non-hydrogen) atoms. The smallest absolute Gasteiger partial charge is 0.197 e. The molecule has 8 heteroatoms. The van der Waals surface area contributed by atoms with E-state index in [0.29, 0.717) is 10.9 Å². The number of nitrogens with zero attached hydrogens (tertiary/aromatic N) is 5. The molecule has 1 N–H and O–H groups in total. The summed E-state index contributed by atoms with van der Waals surface area (Å²) in [6.07, 6.45) is 6.71. The lowest BCUT2D eigenvalue weighted by atomic mass is 9.97. The number of piperidine rings is 1. The molecule has 1 unspecified atom stereocenters. The van der Waals surface area contributed by atoms with E-state index in [1.54, 1.807) is 11.8 Å². The van der Waals surface area contributed by atoms with Crippen molar-refractivity contribution in [2.45, 2.75) is 54.6 Å². The summed E-state index contributed by atoms with van der Waals surface area (Å²) in [6.45, 7) is 2.06. The third kappa shape index (κ3) is 3.98. The first-order valence-corrected chi connectivity index (χ1v) is 11.8.